The topological polar surface area (TPSA) is 59.8 Å². The number of hydrogen-bond donors (Lipinski definition) is 1. The first-order valence-corrected chi connectivity index (χ1v) is 8.76. The molecule has 2 aromatic rings. The van der Waals surface area contributed by atoms with E-state index in [0.717, 1.165) is 55.2 Å². The number of rotatable bonds is 8. The Hall–Kier alpha value is -1.69. The molecular formula is C16H24N4OS. The molecule has 2 aromatic heterocycles. The predicted octanol–water partition coefficient (Wildman–Crippen LogP) is 4.04. The summed E-state index contributed by atoms with van der Waals surface area (Å²) in [6.45, 7) is 7.02. The second kappa shape index (κ2) is 8.08. The molecule has 5 nitrogen and oxygen atoms in total. The largest absolute Gasteiger partial charge is 0.306 e. The standard InChI is InChI=1S/C16H24N4OS/c1-4-6-8-14-18-12(3)15(22-14)16(21)19-13-9-10-17-20(13)11-7-5-2/h9-10H,4-8,11H2,1-3H3,(H,19,21). The number of nitrogens with one attached hydrogen (secondary N) is 1. The number of carbonyl (C=O) groups is 1. The van der Waals surface area contributed by atoms with E-state index in [0.29, 0.717) is 4.88 Å². The highest BCUT2D eigenvalue weighted by Gasteiger charge is 2.16. The van der Waals surface area contributed by atoms with Crippen LogP contribution in [0, 0.1) is 6.92 Å². The number of hydrogen-bond acceptors (Lipinski definition) is 4. The van der Waals surface area contributed by atoms with E-state index in [-0.39, 0.29) is 5.91 Å². The van der Waals surface area contributed by atoms with E-state index < -0.39 is 0 Å². The van der Waals surface area contributed by atoms with Gasteiger partial charge in [-0.1, -0.05) is 26.7 Å². The first kappa shape index (κ1) is 16.7. The van der Waals surface area contributed by atoms with Gasteiger partial charge in [-0.3, -0.25) is 4.79 Å². The van der Waals surface area contributed by atoms with E-state index in [1.54, 1.807) is 6.20 Å². The van der Waals surface area contributed by atoms with Gasteiger partial charge in [0, 0.05) is 12.6 Å². The van der Waals surface area contributed by atoms with Crippen molar-refractivity contribution in [2.24, 2.45) is 0 Å². The minimum Gasteiger partial charge on any atom is -0.306 e. The lowest BCUT2D eigenvalue weighted by Gasteiger charge is -2.07. The van der Waals surface area contributed by atoms with E-state index in [4.69, 9.17) is 0 Å². The lowest BCUT2D eigenvalue weighted by Crippen LogP contribution is -2.15. The summed E-state index contributed by atoms with van der Waals surface area (Å²) in [5, 5.41) is 8.26. The van der Waals surface area contributed by atoms with Crippen molar-refractivity contribution >= 4 is 23.1 Å². The second-order valence-electron chi connectivity index (χ2n) is 5.37. The summed E-state index contributed by atoms with van der Waals surface area (Å²) in [4.78, 5) is 17.7. The molecule has 0 spiro atoms. The molecular weight excluding hydrogens is 296 g/mol. The molecule has 0 radical (unpaired) electrons. The third-order valence-electron chi connectivity index (χ3n) is 3.47. The van der Waals surface area contributed by atoms with Crippen LogP contribution in [0.2, 0.25) is 0 Å². The first-order valence-electron chi connectivity index (χ1n) is 7.95. The maximum atomic E-state index is 12.5. The highest BCUT2D eigenvalue weighted by Crippen LogP contribution is 2.21. The molecule has 0 fully saturated rings. The molecule has 0 saturated carbocycles. The molecule has 0 aromatic carbocycles. The van der Waals surface area contributed by atoms with Gasteiger partial charge < -0.3 is 5.32 Å². The highest BCUT2D eigenvalue weighted by atomic mass is 32.1. The van der Waals surface area contributed by atoms with E-state index >= 15 is 0 Å². The molecule has 0 unspecified atom stereocenters. The van der Waals surface area contributed by atoms with Crippen molar-refractivity contribution in [1.29, 1.82) is 0 Å². The second-order valence-corrected chi connectivity index (χ2v) is 6.46. The van der Waals surface area contributed by atoms with Crippen LogP contribution in [0.5, 0.6) is 0 Å². The fraction of sp³-hybridized carbons (Fsp3) is 0.562. The average molecular weight is 320 g/mol. The molecule has 1 amide bonds. The van der Waals surface area contributed by atoms with Crippen LogP contribution in [0.4, 0.5) is 5.82 Å². The quantitative estimate of drug-likeness (QED) is 0.798. The fourth-order valence-electron chi connectivity index (χ4n) is 2.20. The van der Waals surface area contributed by atoms with E-state index in [9.17, 15) is 4.79 Å². The molecule has 0 atom stereocenters. The third-order valence-corrected chi connectivity index (χ3v) is 4.69. The number of anilines is 1. The molecule has 0 aliphatic carbocycles. The van der Waals surface area contributed by atoms with Gasteiger partial charge in [-0.25, -0.2) is 9.67 Å². The monoisotopic (exact) mass is 320 g/mol. The summed E-state index contributed by atoms with van der Waals surface area (Å²) in [5.41, 5.74) is 0.813. The van der Waals surface area contributed by atoms with Crippen LogP contribution in [0.3, 0.4) is 0 Å². The Morgan fingerprint density at radius 1 is 1.32 bits per heavy atom. The van der Waals surface area contributed by atoms with Gasteiger partial charge in [-0.05, 0) is 26.2 Å². The van der Waals surface area contributed by atoms with E-state index in [1.165, 1.54) is 11.3 Å². The zero-order valence-corrected chi connectivity index (χ0v) is 14.4. The third kappa shape index (κ3) is 4.16. The number of unbranched alkanes of at least 4 members (excludes halogenated alkanes) is 2. The summed E-state index contributed by atoms with van der Waals surface area (Å²) in [7, 11) is 0. The number of aryl methyl sites for hydroxylation is 3. The van der Waals surface area contributed by atoms with Crippen molar-refractivity contribution in [3.8, 4) is 0 Å². The van der Waals surface area contributed by atoms with Gasteiger partial charge in [0.05, 0.1) is 16.9 Å². The van der Waals surface area contributed by atoms with Crippen molar-refractivity contribution in [2.75, 3.05) is 5.32 Å². The van der Waals surface area contributed by atoms with Gasteiger partial charge >= 0.3 is 0 Å². The maximum Gasteiger partial charge on any atom is 0.268 e. The number of thiazole rings is 1. The summed E-state index contributed by atoms with van der Waals surface area (Å²) in [6.07, 6.45) is 7.06. The van der Waals surface area contributed by atoms with Gasteiger partial charge in [0.25, 0.3) is 5.91 Å². The zero-order valence-electron chi connectivity index (χ0n) is 13.6. The van der Waals surface area contributed by atoms with Gasteiger partial charge in [0.1, 0.15) is 10.7 Å². The maximum absolute atomic E-state index is 12.5. The molecule has 1 N–H and O–H groups in total. The van der Waals surface area contributed by atoms with Crippen LogP contribution in [-0.2, 0) is 13.0 Å². The molecule has 0 aliphatic heterocycles. The van der Waals surface area contributed by atoms with Crippen LogP contribution in [0.1, 0.15) is 59.9 Å². The van der Waals surface area contributed by atoms with Gasteiger partial charge in [-0.2, -0.15) is 5.10 Å². The Labute approximate surface area is 135 Å². The number of aromatic nitrogens is 3. The number of amides is 1. The number of carbonyl (C=O) groups excluding carboxylic acids is 1. The average Bonchev–Trinajstić information content (AvgIpc) is 3.09. The van der Waals surface area contributed by atoms with Crippen molar-refractivity contribution in [2.45, 2.75) is 59.4 Å². The Bertz CT molecular complexity index is 617. The summed E-state index contributed by atoms with van der Waals surface area (Å²) >= 11 is 1.50. The SMILES string of the molecule is CCCCc1nc(C)c(C(=O)Nc2ccnn2CCCC)s1. The normalized spacial score (nSPS) is 10.9. The summed E-state index contributed by atoms with van der Waals surface area (Å²) < 4.78 is 1.84. The smallest absolute Gasteiger partial charge is 0.268 e. The Morgan fingerprint density at radius 3 is 2.82 bits per heavy atom. The van der Waals surface area contributed by atoms with E-state index in [1.807, 2.05) is 17.7 Å². The van der Waals surface area contributed by atoms with Crippen molar-refractivity contribution in [3.05, 3.63) is 27.8 Å². The van der Waals surface area contributed by atoms with Crippen LogP contribution in [-0.4, -0.2) is 20.7 Å². The van der Waals surface area contributed by atoms with Crippen LogP contribution in [0.25, 0.3) is 0 Å². The molecule has 0 bridgehead atoms. The Morgan fingerprint density at radius 2 is 2.09 bits per heavy atom. The van der Waals surface area contributed by atoms with Crippen molar-refractivity contribution in [1.82, 2.24) is 14.8 Å². The van der Waals surface area contributed by atoms with Gasteiger partial charge in [0.15, 0.2) is 0 Å². The minimum absolute atomic E-state index is 0.0870. The zero-order chi connectivity index (χ0) is 15.9. The Kier molecular flexibility index (Phi) is 6.12. The lowest BCUT2D eigenvalue weighted by molar-refractivity contribution is 0.102. The van der Waals surface area contributed by atoms with Crippen LogP contribution < -0.4 is 5.32 Å². The van der Waals surface area contributed by atoms with Crippen LogP contribution >= 0.6 is 11.3 Å². The first-order chi connectivity index (χ1) is 10.7. The van der Waals surface area contributed by atoms with E-state index in [2.05, 4.69) is 29.2 Å². The summed E-state index contributed by atoms with van der Waals surface area (Å²) in [5.74, 6) is 0.664. The van der Waals surface area contributed by atoms with Crippen LogP contribution in [0.15, 0.2) is 12.3 Å². The molecule has 2 rings (SSSR count). The molecule has 0 aliphatic rings. The summed E-state index contributed by atoms with van der Waals surface area (Å²) in [6, 6.07) is 1.84. The van der Waals surface area contributed by atoms with Crippen molar-refractivity contribution < 1.29 is 4.79 Å². The molecule has 120 valence electrons. The highest BCUT2D eigenvalue weighted by molar-refractivity contribution is 7.13. The predicted molar refractivity (Wildman–Crippen MR) is 90.6 cm³/mol. The molecule has 0 saturated heterocycles. The molecule has 6 heteroatoms. The molecule has 22 heavy (non-hydrogen) atoms. The van der Waals surface area contributed by atoms with Gasteiger partial charge in [0.2, 0.25) is 0 Å². The van der Waals surface area contributed by atoms with Gasteiger partial charge in [-0.15, -0.1) is 11.3 Å². The molecule has 2 heterocycles. The van der Waals surface area contributed by atoms with Crippen molar-refractivity contribution in [3.63, 3.8) is 0 Å². The minimum atomic E-state index is -0.0870. The Balaban J connectivity index is 2.06. The lowest BCUT2D eigenvalue weighted by atomic mass is 10.3. The fourth-order valence-corrected chi connectivity index (χ4v) is 3.20. The number of nitrogens with zero attached hydrogens (tertiary/aromatic N) is 3.